The molecule has 0 fully saturated rings. The molecule has 1 aromatic heterocycles. The van der Waals surface area contributed by atoms with Crippen molar-refractivity contribution in [1.29, 1.82) is 0 Å². The van der Waals surface area contributed by atoms with Crippen molar-refractivity contribution in [3.63, 3.8) is 0 Å². The third kappa shape index (κ3) is 4.36. The highest BCUT2D eigenvalue weighted by Crippen LogP contribution is 2.29. The van der Waals surface area contributed by atoms with Crippen LogP contribution in [-0.2, 0) is 12.8 Å². The first-order valence-electron chi connectivity index (χ1n) is 8.31. The standard InChI is InChI=1S/C20H22N2OS/c1-2-15-5-3-7-17(13-15)19-14-22-20(24-19)21-12-4-6-16-8-10-18(23)11-9-16/h3,5,7-11,13-14,23H,2,4,6,12H2,1H3,(H,21,22). The third-order valence-electron chi connectivity index (χ3n) is 3.98. The number of hydrogen-bond acceptors (Lipinski definition) is 4. The first-order chi connectivity index (χ1) is 11.7. The van der Waals surface area contributed by atoms with Crippen LogP contribution in [0.25, 0.3) is 10.4 Å². The summed E-state index contributed by atoms with van der Waals surface area (Å²) < 4.78 is 0. The Hall–Kier alpha value is -2.33. The second kappa shape index (κ2) is 7.97. The van der Waals surface area contributed by atoms with E-state index in [0.29, 0.717) is 5.75 Å². The molecule has 124 valence electrons. The van der Waals surface area contributed by atoms with Gasteiger partial charge in [0.25, 0.3) is 0 Å². The van der Waals surface area contributed by atoms with Gasteiger partial charge in [0.15, 0.2) is 5.13 Å². The molecule has 0 unspecified atom stereocenters. The third-order valence-corrected chi connectivity index (χ3v) is 4.98. The maximum atomic E-state index is 9.29. The molecule has 3 nitrogen and oxygen atoms in total. The minimum absolute atomic E-state index is 0.319. The zero-order valence-corrected chi connectivity index (χ0v) is 14.6. The fraction of sp³-hybridized carbons (Fsp3) is 0.250. The van der Waals surface area contributed by atoms with Crippen LogP contribution in [-0.4, -0.2) is 16.6 Å². The fourth-order valence-corrected chi connectivity index (χ4v) is 3.42. The molecule has 0 spiro atoms. The molecule has 0 bridgehead atoms. The number of hydrogen-bond donors (Lipinski definition) is 2. The SMILES string of the molecule is CCc1cccc(-c2cnc(NCCCc3ccc(O)cc3)s2)c1. The second-order valence-electron chi connectivity index (χ2n) is 5.78. The maximum Gasteiger partial charge on any atom is 0.183 e. The average Bonchev–Trinajstić information content (AvgIpc) is 3.09. The van der Waals surface area contributed by atoms with Gasteiger partial charge in [-0.2, -0.15) is 0 Å². The van der Waals surface area contributed by atoms with Gasteiger partial charge in [-0.25, -0.2) is 4.98 Å². The quantitative estimate of drug-likeness (QED) is 0.588. The minimum atomic E-state index is 0.319. The molecule has 0 radical (unpaired) electrons. The molecule has 0 amide bonds. The van der Waals surface area contributed by atoms with Crippen molar-refractivity contribution in [2.75, 3.05) is 11.9 Å². The highest BCUT2D eigenvalue weighted by atomic mass is 32.1. The molecule has 0 aliphatic rings. The number of nitrogens with one attached hydrogen (secondary N) is 1. The van der Waals surface area contributed by atoms with E-state index in [9.17, 15) is 5.11 Å². The predicted molar refractivity (Wildman–Crippen MR) is 102 cm³/mol. The van der Waals surface area contributed by atoms with Gasteiger partial charge >= 0.3 is 0 Å². The summed E-state index contributed by atoms with van der Waals surface area (Å²) in [4.78, 5) is 5.68. The van der Waals surface area contributed by atoms with Gasteiger partial charge in [0.05, 0.1) is 4.88 Å². The zero-order chi connectivity index (χ0) is 16.8. The van der Waals surface area contributed by atoms with Gasteiger partial charge in [-0.1, -0.05) is 54.7 Å². The Balaban J connectivity index is 1.51. The molecule has 24 heavy (non-hydrogen) atoms. The molecule has 0 aliphatic carbocycles. The number of rotatable bonds is 7. The highest BCUT2D eigenvalue weighted by Gasteiger charge is 2.05. The van der Waals surface area contributed by atoms with E-state index in [0.717, 1.165) is 30.9 Å². The fourth-order valence-electron chi connectivity index (χ4n) is 2.58. The van der Waals surface area contributed by atoms with Crippen LogP contribution in [0.3, 0.4) is 0 Å². The summed E-state index contributed by atoms with van der Waals surface area (Å²) in [5, 5.41) is 13.7. The first-order valence-corrected chi connectivity index (χ1v) is 9.13. The summed E-state index contributed by atoms with van der Waals surface area (Å²) in [6, 6.07) is 16.1. The lowest BCUT2D eigenvalue weighted by Gasteiger charge is -2.03. The van der Waals surface area contributed by atoms with Gasteiger partial charge in [-0.05, 0) is 48.1 Å². The summed E-state index contributed by atoms with van der Waals surface area (Å²) in [5.41, 5.74) is 3.83. The summed E-state index contributed by atoms with van der Waals surface area (Å²) in [6.07, 6.45) is 5.02. The predicted octanol–water partition coefficient (Wildman–Crippen LogP) is 5.12. The number of thiazole rings is 1. The Morgan fingerprint density at radius 2 is 1.92 bits per heavy atom. The first kappa shape index (κ1) is 16.5. The molecule has 0 aliphatic heterocycles. The van der Waals surface area contributed by atoms with Crippen molar-refractivity contribution >= 4 is 16.5 Å². The smallest absolute Gasteiger partial charge is 0.183 e. The van der Waals surface area contributed by atoms with E-state index in [4.69, 9.17) is 0 Å². The van der Waals surface area contributed by atoms with Crippen molar-refractivity contribution in [3.05, 3.63) is 65.9 Å². The summed E-state index contributed by atoms with van der Waals surface area (Å²) in [5.74, 6) is 0.319. The second-order valence-corrected chi connectivity index (χ2v) is 6.81. The average molecular weight is 338 g/mol. The van der Waals surface area contributed by atoms with Crippen LogP contribution < -0.4 is 5.32 Å². The zero-order valence-electron chi connectivity index (χ0n) is 13.8. The largest absolute Gasteiger partial charge is 0.508 e. The number of phenolic OH excluding ortho intramolecular Hbond substituents is 1. The van der Waals surface area contributed by atoms with Crippen molar-refractivity contribution in [2.45, 2.75) is 26.2 Å². The van der Waals surface area contributed by atoms with E-state index in [1.165, 1.54) is 21.6 Å². The normalized spacial score (nSPS) is 10.7. The van der Waals surface area contributed by atoms with Crippen molar-refractivity contribution in [2.24, 2.45) is 0 Å². The molecule has 2 N–H and O–H groups in total. The van der Waals surface area contributed by atoms with Crippen LogP contribution >= 0.6 is 11.3 Å². The summed E-state index contributed by atoms with van der Waals surface area (Å²) >= 11 is 1.70. The maximum absolute atomic E-state index is 9.29. The van der Waals surface area contributed by atoms with E-state index in [1.54, 1.807) is 23.5 Å². The number of aryl methyl sites for hydroxylation is 2. The minimum Gasteiger partial charge on any atom is -0.508 e. The van der Waals surface area contributed by atoms with E-state index < -0.39 is 0 Å². The van der Waals surface area contributed by atoms with Crippen LogP contribution in [0, 0.1) is 0 Å². The molecule has 0 saturated carbocycles. The lowest BCUT2D eigenvalue weighted by atomic mass is 10.1. The number of benzene rings is 2. The van der Waals surface area contributed by atoms with Gasteiger partial charge in [0.2, 0.25) is 0 Å². The van der Waals surface area contributed by atoms with Gasteiger partial charge in [-0.15, -0.1) is 0 Å². The van der Waals surface area contributed by atoms with Crippen LogP contribution in [0.4, 0.5) is 5.13 Å². The van der Waals surface area contributed by atoms with Crippen molar-refractivity contribution in [1.82, 2.24) is 4.98 Å². The Morgan fingerprint density at radius 3 is 2.71 bits per heavy atom. The van der Waals surface area contributed by atoms with Gasteiger partial charge in [0.1, 0.15) is 5.75 Å². The van der Waals surface area contributed by atoms with Gasteiger partial charge in [-0.3, -0.25) is 0 Å². The lowest BCUT2D eigenvalue weighted by molar-refractivity contribution is 0.475. The van der Waals surface area contributed by atoms with E-state index in [1.807, 2.05) is 18.3 Å². The van der Waals surface area contributed by atoms with Crippen molar-refractivity contribution < 1.29 is 5.11 Å². The van der Waals surface area contributed by atoms with Crippen molar-refractivity contribution in [3.8, 4) is 16.2 Å². The number of aromatic hydroxyl groups is 1. The molecular weight excluding hydrogens is 316 g/mol. The molecule has 3 aromatic rings. The van der Waals surface area contributed by atoms with E-state index in [2.05, 4.69) is 41.5 Å². The topological polar surface area (TPSA) is 45.2 Å². The van der Waals surface area contributed by atoms with E-state index in [-0.39, 0.29) is 0 Å². The van der Waals surface area contributed by atoms with E-state index >= 15 is 0 Å². The van der Waals surface area contributed by atoms with Gasteiger partial charge < -0.3 is 10.4 Å². The molecule has 4 heteroatoms. The van der Waals surface area contributed by atoms with Crippen LogP contribution in [0.15, 0.2) is 54.7 Å². The Bertz CT molecular complexity index is 780. The molecule has 2 aromatic carbocycles. The van der Waals surface area contributed by atoms with Crippen LogP contribution in [0.1, 0.15) is 24.5 Å². The Labute approximate surface area is 147 Å². The van der Waals surface area contributed by atoms with Crippen LogP contribution in [0.2, 0.25) is 0 Å². The number of nitrogens with zero attached hydrogens (tertiary/aromatic N) is 1. The van der Waals surface area contributed by atoms with Crippen LogP contribution in [0.5, 0.6) is 5.75 Å². The summed E-state index contributed by atoms with van der Waals surface area (Å²) in [6.45, 7) is 3.07. The monoisotopic (exact) mass is 338 g/mol. The van der Waals surface area contributed by atoms with Gasteiger partial charge in [0, 0.05) is 12.7 Å². The molecule has 0 atom stereocenters. The molecular formula is C20H22N2OS. The number of anilines is 1. The number of aromatic nitrogens is 1. The molecule has 3 rings (SSSR count). The lowest BCUT2D eigenvalue weighted by Crippen LogP contribution is -2.02. The molecule has 1 heterocycles. The summed E-state index contributed by atoms with van der Waals surface area (Å²) in [7, 11) is 0. The Kier molecular flexibility index (Phi) is 5.49. The Morgan fingerprint density at radius 1 is 1.08 bits per heavy atom. The highest BCUT2D eigenvalue weighted by molar-refractivity contribution is 7.18. The molecule has 0 saturated heterocycles. The number of phenols is 1.